The van der Waals surface area contributed by atoms with Crippen LogP contribution in [-0.4, -0.2) is 24.4 Å². The molecular formula is C11H22O2. The van der Waals surface area contributed by atoms with Gasteiger partial charge in [-0.2, -0.15) is 0 Å². The van der Waals surface area contributed by atoms with Crippen LogP contribution in [0.25, 0.3) is 0 Å². The van der Waals surface area contributed by atoms with E-state index in [0.717, 1.165) is 0 Å². The zero-order valence-electron chi connectivity index (χ0n) is 8.88. The van der Waals surface area contributed by atoms with Gasteiger partial charge in [0.15, 0.2) is 0 Å². The molecule has 1 aliphatic carbocycles. The summed E-state index contributed by atoms with van der Waals surface area (Å²) < 4.78 is 5.43. The van der Waals surface area contributed by atoms with Crippen molar-refractivity contribution in [3.8, 4) is 0 Å². The van der Waals surface area contributed by atoms with E-state index in [4.69, 9.17) is 4.74 Å². The fourth-order valence-corrected chi connectivity index (χ4v) is 2.25. The Morgan fingerprint density at radius 1 is 1.23 bits per heavy atom. The zero-order chi connectivity index (χ0) is 9.73. The number of aliphatic hydroxyl groups is 1. The van der Waals surface area contributed by atoms with Gasteiger partial charge >= 0.3 is 0 Å². The first-order valence-corrected chi connectivity index (χ1v) is 5.39. The first kappa shape index (κ1) is 11.0. The minimum absolute atomic E-state index is 0.147. The number of methoxy groups -OCH3 is 1. The van der Waals surface area contributed by atoms with Crippen LogP contribution in [0.1, 0.15) is 45.4 Å². The van der Waals surface area contributed by atoms with Gasteiger partial charge in [-0.25, -0.2) is 0 Å². The summed E-state index contributed by atoms with van der Waals surface area (Å²) in [6.45, 7) is 2.18. The lowest BCUT2D eigenvalue weighted by atomic mass is 9.84. The monoisotopic (exact) mass is 186 g/mol. The summed E-state index contributed by atoms with van der Waals surface area (Å²) in [4.78, 5) is 0. The molecule has 0 saturated heterocycles. The van der Waals surface area contributed by atoms with Crippen LogP contribution < -0.4 is 0 Å². The van der Waals surface area contributed by atoms with E-state index < -0.39 is 0 Å². The Labute approximate surface area is 81.3 Å². The van der Waals surface area contributed by atoms with E-state index in [2.05, 4.69) is 0 Å². The van der Waals surface area contributed by atoms with E-state index in [1.807, 2.05) is 6.92 Å². The van der Waals surface area contributed by atoms with Crippen molar-refractivity contribution < 1.29 is 9.84 Å². The average molecular weight is 186 g/mol. The fourth-order valence-electron chi connectivity index (χ4n) is 2.25. The Hall–Kier alpha value is -0.0800. The average Bonchev–Trinajstić information content (AvgIpc) is 2.45. The molecule has 1 atom stereocenters. The topological polar surface area (TPSA) is 29.5 Å². The first-order valence-electron chi connectivity index (χ1n) is 5.39. The van der Waals surface area contributed by atoms with Crippen LogP contribution >= 0.6 is 0 Å². The molecule has 0 aliphatic heterocycles. The lowest BCUT2D eigenvalue weighted by Crippen LogP contribution is -2.40. The Morgan fingerprint density at radius 2 is 1.77 bits per heavy atom. The predicted octanol–water partition coefficient (Wildman–Crippen LogP) is 2.35. The molecule has 1 rings (SSSR count). The lowest BCUT2D eigenvalue weighted by Gasteiger charge is -2.34. The van der Waals surface area contributed by atoms with Crippen LogP contribution in [0.5, 0.6) is 0 Å². The molecule has 1 N–H and O–H groups in total. The third-order valence-electron chi connectivity index (χ3n) is 3.50. The molecule has 0 bridgehead atoms. The number of hydrogen-bond donors (Lipinski definition) is 1. The minimum atomic E-state index is -0.301. The second-order valence-corrected chi connectivity index (χ2v) is 4.36. The molecule has 0 aromatic carbocycles. The standard InChI is InChI=1S/C11H22O2/c1-11(9-12,13-2)10-7-5-3-4-6-8-10/h10,12H,3-9H2,1-2H3. The van der Waals surface area contributed by atoms with E-state index in [1.165, 1.54) is 38.5 Å². The summed E-state index contributed by atoms with van der Waals surface area (Å²) in [6.07, 6.45) is 7.71. The maximum Gasteiger partial charge on any atom is 0.0908 e. The largest absolute Gasteiger partial charge is 0.393 e. The van der Waals surface area contributed by atoms with Gasteiger partial charge in [-0.15, -0.1) is 0 Å². The second-order valence-electron chi connectivity index (χ2n) is 4.36. The van der Waals surface area contributed by atoms with E-state index in [9.17, 15) is 5.11 Å². The second kappa shape index (κ2) is 4.97. The molecule has 0 heterocycles. The number of rotatable bonds is 3. The highest BCUT2D eigenvalue weighted by Crippen LogP contribution is 2.33. The van der Waals surface area contributed by atoms with Crippen LogP contribution in [0.15, 0.2) is 0 Å². The van der Waals surface area contributed by atoms with Crippen molar-refractivity contribution in [1.82, 2.24) is 0 Å². The molecule has 1 fully saturated rings. The van der Waals surface area contributed by atoms with Crippen LogP contribution in [-0.2, 0) is 4.74 Å². The van der Waals surface area contributed by atoms with Gasteiger partial charge in [-0.3, -0.25) is 0 Å². The highest BCUT2D eigenvalue weighted by atomic mass is 16.5. The van der Waals surface area contributed by atoms with E-state index >= 15 is 0 Å². The van der Waals surface area contributed by atoms with Crippen molar-refractivity contribution in [1.29, 1.82) is 0 Å². The molecule has 0 aromatic heterocycles. The van der Waals surface area contributed by atoms with Crippen molar-refractivity contribution in [3.63, 3.8) is 0 Å². The minimum Gasteiger partial charge on any atom is -0.393 e. The van der Waals surface area contributed by atoms with Gasteiger partial charge in [0.2, 0.25) is 0 Å². The molecule has 1 saturated carbocycles. The number of ether oxygens (including phenoxy) is 1. The van der Waals surface area contributed by atoms with Crippen molar-refractivity contribution in [2.24, 2.45) is 5.92 Å². The summed E-state index contributed by atoms with van der Waals surface area (Å²) in [7, 11) is 1.71. The molecule has 13 heavy (non-hydrogen) atoms. The first-order chi connectivity index (χ1) is 6.23. The summed E-state index contributed by atoms with van der Waals surface area (Å²) in [5.74, 6) is 0.546. The number of hydrogen-bond acceptors (Lipinski definition) is 2. The van der Waals surface area contributed by atoms with Crippen molar-refractivity contribution >= 4 is 0 Å². The third-order valence-corrected chi connectivity index (χ3v) is 3.50. The molecule has 1 unspecified atom stereocenters. The maximum absolute atomic E-state index is 9.30. The van der Waals surface area contributed by atoms with Gasteiger partial charge in [0, 0.05) is 7.11 Å². The van der Waals surface area contributed by atoms with Gasteiger partial charge in [-0.1, -0.05) is 25.7 Å². The van der Waals surface area contributed by atoms with Crippen molar-refractivity contribution in [3.05, 3.63) is 0 Å². The van der Waals surface area contributed by atoms with E-state index in [-0.39, 0.29) is 12.2 Å². The molecule has 0 spiro atoms. The molecule has 0 amide bonds. The highest BCUT2D eigenvalue weighted by Gasteiger charge is 2.33. The fraction of sp³-hybridized carbons (Fsp3) is 1.00. The van der Waals surface area contributed by atoms with Crippen LogP contribution in [0.2, 0.25) is 0 Å². The lowest BCUT2D eigenvalue weighted by molar-refractivity contribution is -0.0835. The smallest absolute Gasteiger partial charge is 0.0908 e. The Balaban J connectivity index is 2.55. The number of aliphatic hydroxyl groups excluding tert-OH is 1. The molecule has 1 aliphatic rings. The third kappa shape index (κ3) is 2.68. The van der Waals surface area contributed by atoms with Gasteiger partial charge in [0.05, 0.1) is 12.2 Å². The van der Waals surface area contributed by atoms with Gasteiger partial charge < -0.3 is 9.84 Å². The van der Waals surface area contributed by atoms with Gasteiger partial charge in [-0.05, 0) is 25.7 Å². The van der Waals surface area contributed by atoms with Crippen molar-refractivity contribution in [2.75, 3.05) is 13.7 Å². The summed E-state index contributed by atoms with van der Waals surface area (Å²) >= 11 is 0. The SMILES string of the molecule is COC(C)(CO)C1CCCCCC1. The normalized spacial score (nSPS) is 25.2. The highest BCUT2D eigenvalue weighted by molar-refractivity contribution is 4.84. The molecule has 78 valence electrons. The predicted molar refractivity (Wildman–Crippen MR) is 53.7 cm³/mol. The summed E-state index contributed by atoms with van der Waals surface area (Å²) in [6, 6.07) is 0. The summed E-state index contributed by atoms with van der Waals surface area (Å²) in [5, 5.41) is 9.30. The zero-order valence-corrected chi connectivity index (χ0v) is 8.88. The molecule has 2 nitrogen and oxygen atoms in total. The Kier molecular flexibility index (Phi) is 4.20. The molecular weight excluding hydrogens is 164 g/mol. The van der Waals surface area contributed by atoms with Crippen LogP contribution in [0.4, 0.5) is 0 Å². The Bertz CT molecular complexity index is 133. The quantitative estimate of drug-likeness (QED) is 0.686. The van der Waals surface area contributed by atoms with E-state index in [0.29, 0.717) is 5.92 Å². The summed E-state index contributed by atoms with van der Waals surface area (Å²) in [5.41, 5.74) is -0.301. The molecule has 0 aromatic rings. The van der Waals surface area contributed by atoms with Gasteiger partial charge in [0.25, 0.3) is 0 Å². The van der Waals surface area contributed by atoms with E-state index in [1.54, 1.807) is 7.11 Å². The molecule has 2 heteroatoms. The van der Waals surface area contributed by atoms with Crippen LogP contribution in [0, 0.1) is 5.92 Å². The maximum atomic E-state index is 9.30. The molecule has 0 radical (unpaired) electrons. The van der Waals surface area contributed by atoms with Crippen molar-refractivity contribution in [2.45, 2.75) is 51.0 Å². The van der Waals surface area contributed by atoms with Crippen LogP contribution in [0.3, 0.4) is 0 Å². The Morgan fingerprint density at radius 3 is 2.15 bits per heavy atom. The van der Waals surface area contributed by atoms with Gasteiger partial charge in [0.1, 0.15) is 0 Å².